The maximum absolute atomic E-state index is 11.8. The highest BCUT2D eigenvalue weighted by Gasteiger charge is 2.40. The first-order valence-corrected chi connectivity index (χ1v) is 9.08. The Labute approximate surface area is 153 Å². The molecule has 0 aliphatic carbocycles. The van der Waals surface area contributed by atoms with Gasteiger partial charge in [-0.2, -0.15) is 0 Å². The van der Waals surface area contributed by atoms with Crippen LogP contribution in [0.5, 0.6) is 0 Å². The van der Waals surface area contributed by atoms with E-state index in [1.165, 1.54) is 35.5 Å². The summed E-state index contributed by atoms with van der Waals surface area (Å²) in [6.07, 6.45) is 5.23. The van der Waals surface area contributed by atoms with Gasteiger partial charge in [-0.1, -0.05) is 29.8 Å². The number of H-pyrrole nitrogens is 1. The van der Waals surface area contributed by atoms with Crippen molar-refractivity contribution in [1.29, 1.82) is 0 Å². The van der Waals surface area contributed by atoms with Crippen LogP contribution in [0, 0.1) is 5.92 Å². The molecular formula is C21H24N2O3. The Morgan fingerprint density at radius 3 is 2.92 bits per heavy atom. The predicted molar refractivity (Wildman–Crippen MR) is 101 cm³/mol. The monoisotopic (exact) mass is 352 g/mol. The molecule has 0 bridgehead atoms. The molecule has 5 nitrogen and oxygen atoms in total. The first kappa shape index (κ1) is 16.9. The van der Waals surface area contributed by atoms with Gasteiger partial charge >= 0.3 is 5.97 Å². The number of aromatic amines is 1. The Hall–Kier alpha value is -2.53. The summed E-state index contributed by atoms with van der Waals surface area (Å²) in [6, 6.07) is 8.62. The van der Waals surface area contributed by atoms with E-state index in [-0.39, 0.29) is 12.0 Å². The van der Waals surface area contributed by atoms with Gasteiger partial charge in [0.15, 0.2) is 0 Å². The summed E-state index contributed by atoms with van der Waals surface area (Å²) in [5.74, 6) is -1.03. The average Bonchev–Trinajstić information content (AvgIpc) is 3.04. The number of hydrogen-bond donors (Lipinski definition) is 2. The van der Waals surface area contributed by atoms with Crippen molar-refractivity contribution in [2.45, 2.75) is 25.8 Å². The number of aliphatic carboxylic acids is 1. The van der Waals surface area contributed by atoms with Crippen molar-refractivity contribution in [3.63, 3.8) is 0 Å². The number of hydrogen-bond acceptors (Lipinski definition) is 3. The van der Waals surface area contributed by atoms with Gasteiger partial charge in [-0.25, -0.2) is 4.79 Å². The molecule has 26 heavy (non-hydrogen) atoms. The Bertz CT molecular complexity index is 909. The van der Waals surface area contributed by atoms with Gasteiger partial charge in [-0.05, 0) is 31.4 Å². The third-order valence-electron chi connectivity index (χ3n) is 5.80. The molecule has 2 atom stereocenters. The standard InChI is InChI=1S/C21H24N2O3/c1-3-13-11-23-9-8-15-14-6-4-5-7-18(14)22-20(15)19(23)10-16(13)17(12-26-2)21(24)25/h3-7,12,16,19,22H,8-11H2,1-2H3,(H,24,25)/t16-,19-/m0/s1. The second-order valence-electron chi connectivity index (χ2n) is 7.07. The Morgan fingerprint density at radius 1 is 1.38 bits per heavy atom. The molecule has 0 spiro atoms. The second kappa shape index (κ2) is 6.65. The lowest BCUT2D eigenvalue weighted by atomic mass is 9.78. The number of carboxylic acids is 1. The van der Waals surface area contributed by atoms with Crippen LogP contribution < -0.4 is 0 Å². The van der Waals surface area contributed by atoms with E-state index >= 15 is 0 Å². The summed E-state index contributed by atoms with van der Waals surface area (Å²) in [6.45, 7) is 3.79. The lowest BCUT2D eigenvalue weighted by Gasteiger charge is -2.43. The minimum Gasteiger partial charge on any atom is -0.504 e. The van der Waals surface area contributed by atoms with Gasteiger partial charge in [-0.15, -0.1) is 0 Å². The SMILES string of the molecule is CC=C1CN2CCc3c([nH]c4ccccc34)[C@@H]2C[C@@H]1C(=COC)C(=O)O. The quantitative estimate of drug-likeness (QED) is 0.503. The first-order chi connectivity index (χ1) is 12.6. The van der Waals surface area contributed by atoms with Crippen molar-refractivity contribution in [1.82, 2.24) is 9.88 Å². The van der Waals surface area contributed by atoms with Crippen molar-refractivity contribution in [3.05, 3.63) is 59.0 Å². The molecule has 136 valence electrons. The molecule has 4 rings (SSSR count). The maximum atomic E-state index is 11.8. The van der Waals surface area contributed by atoms with Crippen LogP contribution in [-0.4, -0.2) is 41.2 Å². The number of nitrogens with one attached hydrogen (secondary N) is 1. The highest BCUT2D eigenvalue weighted by Crippen LogP contribution is 2.44. The van der Waals surface area contributed by atoms with E-state index in [1.54, 1.807) is 0 Å². The van der Waals surface area contributed by atoms with Crippen LogP contribution in [0.1, 0.15) is 30.6 Å². The number of aromatic nitrogens is 1. The number of para-hydroxylation sites is 1. The van der Waals surface area contributed by atoms with Gasteiger partial charge in [0, 0.05) is 35.6 Å². The maximum Gasteiger partial charge on any atom is 0.335 e. The van der Waals surface area contributed by atoms with Crippen LogP contribution in [0.25, 0.3) is 10.9 Å². The lowest BCUT2D eigenvalue weighted by molar-refractivity contribution is -0.133. The molecule has 0 saturated carbocycles. The Balaban J connectivity index is 1.76. The van der Waals surface area contributed by atoms with Gasteiger partial charge in [-0.3, -0.25) is 4.90 Å². The molecule has 1 aromatic heterocycles. The van der Waals surface area contributed by atoms with Gasteiger partial charge in [0.25, 0.3) is 0 Å². The van der Waals surface area contributed by atoms with Crippen LogP contribution in [0.4, 0.5) is 0 Å². The van der Waals surface area contributed by atoms with Crippen molar-refractivity contribution in [3.8, 4) is 0 Å². The fourth-order valence-corrected chi connectivity index (χ4v) is 4.57. The minimum atomic E-state index is -0.905. The van der Waals surface area contributed by atoms with Crippen molar-refractivity contribution in [2.75, 3.05) is 20.2 Å². The molecule has 5 heteroatoms. The summed E-state index contributed by atoms with van der Waals surface area (Å²) in [7, 11) is 1.50. The predicted octanol–water partition coefficient (Wildman–Crippen LogP) is 3.65. The van der Waals surface area contributed by atoms with Gasteiger partial charge in [0.2, 0.25) is 0 Å². The van der Waals surface area contributed by atoms with E-state index < -0.39 is 5.97 Å². The number of carboxylic acid groups (broad SMARTS) is 1. The molecule has 0 amide bonds. The third kappa shape index (κ3) is 2.63. The van der Waals surface area contributed by atoms with Crippen LogP contribution >= 0.6 is 0 Å². The van der Waals surface area contributed by atoms with Crippen molar-refractivity contribution >= 4 is 16.9 Å². The minimum absolute atomic E-state index is 0.129. The van der Waals surface area contributed by atoms with Crippen LogP contribution in [0.2, 0.25) is 0 Å². The summed E-state index contributed by atoms with van der Waals surface area (Å²) < 4.78 is 5.07. The zero-order valence-electron chi connectivity index (χ0n) is 15.2. The van der Waals surface area contributed by atoms with E-state index in [4.69, 9.17) is 4.74 Å². The molecule has 3 heterocycles. The van der Waals surface area contributed by atoms with E-state index in [0.29, 0.717) is 5.57 Å². The van der Waals surface area contributed by atoms with E-state index in [0.717, 1.165) is 31.5 Å². The molecule has 2 N–H and O–H groups in total. The topological polar surface area (TPSA) is 65.6 Å². The molecular weight excluding hydrogens is 328 g/mol. The Kier molecular flexibility index (Phi) is 4.32. The highest BCUT2D eigenvalue weighted by molar-refractivity contribution is 5.88. The summed E-state index contributed by atoms with van der Waals surface area (Å²) >= 11 is 0. The van der Waals surface area contributed by atoms with Crippen LogP contribution in [-0.2, 0) is 16.0 Å². The van der Waals surface area contributed by atoms with Gasteiger partial charge in [0.1, 0.15) is 0 Å². The zero-order chi connectivity index (χ0) is 18.3. The van der Waals surface area contributed by atoms with Gasteiger partial charge in [0.05, 0.1) is 25.0 Å². The number of ether oxygens (including phenoxy) is 1. The lowest BCUT2D eigenvalue weighted by Crippen LogP contribution is -2.43. The summed E-state index contributed by atoms with van der Waals surface area (Å²) in [4.78, 5) is 17.9. The third-order valence-corrected chi connectivity index (χ3v) is 5.80. The number of rotatable bonds is 3. The normalized spacial score (nSPS) is 25.2. The molecule has 1 fully saturated rings. The molecule has 2 aliphatic rings. The van der Waals surface area contributed by atoms with Crippen molar-refractivity contribution in [2.24, 2.45) is 5.92 Å². The molecule has 0 radical (unpaired) electrons. The van der Waals surface area contributed by atoms with Crippen molar-refractivity contribution < 1.29 is 14.6 Å². The molecule has 0 unspecified atom stereocenters. The number of allylic oxidation sites excluding steroid dienone is 1. The Morgan fingerprint density at radius 2 is 2.19 bits per heavy atom. The highest BCUT2D eigenvalue weighted by atomic mass is 16.5. The van der Waals surface area contributed by atoms with E-state index in [2.05, 4.69) is 34.2 Å². The van der Waals surface area contributed by atoms with Gasteiger partial charge < -0.3 is 14.8 Å². The molecule has 1 aromatic carbocycles. The number of methoxy groups -OCH3 is 1. The zero-order valence-corrected chi connectivity index (χ0v) is 15.2. The average molecular weight is 352 g/mol. The second-order valence-corrected chi connectivity index (χ2v) is 7.07. The molecule has 1 saturated heterocycles. The van der Waals surface area contributed by atoms with E-state index in [1.807, 2.05) is 13.0 Å². The number of fused-ring (bicyclic) bond motifs is 5. The summed E-state index contributed by atoms with van der Waals surface area (Å²) in [5.41, 5.74) is 5.30. The molecule has 2 aliphatic heterocycles. The molecule has 2 aromatic rings. The number of nitrogens with zero attached hydrogens (tertiary/aromatic N) is 1. The number of benzene rings is 1. The largest absolute Gasteiger partial charge is 0.504 e. The number of piperidine rings is 1. The fraction of sp³-hybridized carbons (Fsp3) is 0.381. The fourth-order valence-electron chi connectivity index (χ4n) is 4.57. The number of carbonyl (C=O) groups is 1. The van der Waals surface area contributed by atoms with Crippen LogP contribution in [0.3, 0.4) is 0 Å². The smallest absolute Gasteiger partial charge is 0.335 e. The van der Waals surface area contributed by atoms with Crippen LogP contribution in [0.15, 0.2) is 47.7 Å². The first-order valence-electron chi connectivity index (χ1n) is 9.08. The summed E-state index contributed by atoms with van der Waals surface area (Å²) in [5, 5.41) is 11.0. The van der Waals surface area contributed by atoms with E-state index in [9.17, 15) is 9.90 Å².